The van der Waals surface area contributed by atoms with E-state index in [1.165, 1.54) is 0 Å². The Morgan fingerprint density at radius 2 is 1.59 bits per heavy atom. The third kappa shape index (κ3) is 1.42. The van der Waals surface area contributed by atoms with E-state index in [-0.39, 0.29) is 0 Å². The van der Waals surface area contributed by atoms with Crippen LogP contribution in [0.2, 0.25) is 0 Å². The van der Waals surface area contributed by atoms with Crippen molar-refractivity contribution in [3.05, 3.63) is 66.0 Å². The van der Waals surface area contributed by atoms with Crippen molar-refractivity contribution in [1.29, 1.82) is 5.41 Å². The molecular formula is C19H12N2O. The van der Waals surface area contributed by atoms with Crippen LogP contribution in [0.25, 0.3) is 43.7 Å². The Balaban J connectivity index is 2.21. The molecule has 0 aliphatic heterocycles. The fourth-order valence-electron chi connectivity index (χ4n) is 3.26. The Bertz CT molecular complexity index is 1240. The van der Waals surface area contributed by atoms with E-state index < -0.39 is 0 Å². The van der Waals surface area contributed by atoms with Gasteiger partial charge in [0.25, 0.3) is 0 Å². The zero-order chi connectivity index (χ0) is 14.7. The maximum Gasteiger partial charge on any atom is 0.137 e. The maximum absolute atomic E-state index is 7.87. The molecule has 2 N–H and O–H groups in total. The Kier molecular flexibility index (Phi) is 2.09. The number of hydrogen-bond donors (Lipinski definition) is 2. The normalized spacial score (nSPS) is 11.8. The monoisotopic (exact) mass is 284 g/mol. The maximum atomic E-state index is 7.87. The Morgan fingerprint density at radius 3 is 2.55 bits per heavy atom. The highest BCUT2D eigenvalue weighted by Gasteiger charge is 2.12. The molecule has 104 valence electrons. The molecule has 0 unspecified atom stereocenters. The number of nitrogens with one attached hydrogen (secondary N) is 2. The van der Waals surface area contributed by atoms with Crippen molar-refractivity contribution in [2.45, 2.75) is 0 Å². The molecule has 22 heavy (non-hydrogen) atoms. The standard InChI is InChI=1S/C19H12N2O/c20-11-8-9-12-13-5-3-7-17-18(13)19(21-15(12)10-11)14-4-1-2-6-16(14)22-17/h1-10,20-21H. The van der Waals surface area contributed by atoms with Crippen LogP contribution in [-0.4, -0.2) is 4.98 Å². The van der Waals surface area contributed by atoms with Gasteiger partial charge in [0.15, 0.2) is 0 Å². The molecule has 0 aliphatic rings. The SMILES string of the molecule is N=c1ccc2c(c1)[nH]c1c3ccccc3oc3cccc2c31. The molecule has 0 saturated heterocycles. The van der Waals surface area contributed by atoms with Gasteiger partial charge in [-0.25, -0.2) is 0 Å². The summed E-state index contributed by atoms with van der Waals surface area (Å²) < 4.78 is 6.07. The quantitative estimate of drug-likeness (QED) is 0.314. The average molecular weight is 284 g/mol. The molecule has 2 heterocycles. The molecule has 0 bridgehead atoms. The van der Waals surface area contributed by atoms with E-state index in [4.69, 9.17) is 9.83 Å². The lowest BCUT2D eigenvalue weighted by Gasteiger charge is -2.11. The van der Waals surface area contributed by atoms with Crippen molar-refractivity contribution in [3.63, 3.8) is 0 Å². The largest absolute Gasteiger partial charge is 0.456 e. The minimum Gasteiger partial charge on any atom is -0.456 e. The van der Waals surface area contributed by atoms with Crippen LogP contribution in [0, 0.1) is 5.41 Å². The van der Waals surface area contributed by atoms with Crippen molar-refractivity contribution in [1.82, 2.24) is 4.98 Å². The summed E-state index contributed by atoms with van der Waals surface area (Å²) in [4.78, 5) is 3.51. The highest BCUT2D eigenvalue weighted by molar-refractivity contribution is 6.22. The van der Waals surface area contributed by atoms with Gasteiger partial charge in [-0.3, -0.25) is 0 Å². The predicted octanol–water partition coefficient (Wildman–Crippen LogP) is 4.70. The molecule has 2 aromatic heterocycles. The predicted molar refractivity (Wildman–Crippen MR) is 88.9 cm³/mol. The molecule has 3 nitrogen and oxygen atoms in total. The molecule has 0 aliphatic carbocycles. The minimum atomic E-state index is 0.506. The van der Waals surface area contributed by atoms with Gasteiger partial charge in [-0.05, 0) is 35.7 Å². The van der Waals surface area contributed by atoms with Crippen molar-refractivity contribution >= 4 is 43.7 Å². The summed E-state index contributed by atoms with van der Waals surface area (Å²) in [7, 11) is 0. The van der Waals surface area contributed by atoms with E-state index >= 15 is 0 Å². The number of H-pyrrole nitrogens is 1. The first-order valence-corrected chi connectivity index (χ1v) is 7.22. The van der Waals surface area contributed by atoms with Gasteiger partial charge in [0.05, 0.1) is 10.9 Å². The average Bonchev–Trinajstić information content (AvgIpc) is 2.54. The topological polar surface area (TPSA) is 52.8 Å². The third-order valence-electron chi connectivity index (χ3n) is 4.22. The molecule has 0 saturated carbocycles. The lowest BCUT2D eigenvalue weighted by Crippen LogP contribution is -1.97. The summed E-state index contributed by atoms with van der Waals surface area (Å²) in [6.07, 6.45) is 0. The molecule has 0 radical (unpaired) electrons. The first-order chi connectivity index (χ1) is 10.8. The van der Waals surface area contributed by atoms with Gasteiger partial charge in [0.1, 0.15) is 11.2 Å². The summed E-state index contributed by atoms with van der Waals surface area (Å²) >= 11 is 0. The highest BCUT2D eigenvalue weighted by Crippen LogP contribution is 2.35. The molecule has 3 heteroatoms. The van der Waals surface area contributed by atoms with E-state index in [1.807, 2.05) is 48.5 Å². The van der Waals surface area contributed by atoms with Gasteiger partial charge in [0.2, 0.25) is 0 Å². The molecule has 0 amide bonds. The number of fused-ring (bicyclic) bond motifs is 4. The van der Waals surface area contributed by atoms with Crippen molar-refractivity contribution in [2.75, 3.05) is 0 Å². The Morgan fingerprint density at radius 1 is 0.773 bits per heavy atom. The Labute approximate surface area is 125 Å². The zero-order valence-corrected chi connectivity index (χ0v) is 11.7. The van der Waals surface area contributed by atoms with Crippen molar-refractivity contribution < 1.29 is 4.42 Å². The summed E-state index contributed by atoms with van der Waals surface area (Å²) in [5.41, 5.74) is 3.77. The molecule has 5 aromatic rings. The number of aromatic nitrogens is 1. The minimum absolute atomic E-state index is 0.506. The molecule has 3 aromatic carbocycles. The van der Waals surface area contributed by atoms with E-state index in [1.54, 1.807) is 0 Å². The first kappa shape index (κ1) is 11.6. The second kappa shape index (κ2) is 3.98. The van der Waals surface area contributed by atoms with Crippen LogP contribution in [0.15, 0.2) is 65.1 Å². The smallest absolute Gasteiger partial charge is 0.137 e. The zero-order valence-electron chi connectivity index (χ0n) is 11.7. The van der Waals surface area contributed by atoms with Gasteiger partial charge in [0, 0.05) is 21.7 Å². The van der Waals surface area contributed by atoms with Crippen LogP contribution >= 0.6 is 0 Å². The lowest BCUT2D eigenvalue weighted by molar-refractivity contribution is 0.662. The summed E-state index contributed by atoms with van der Waals surface area (Å²) in [6, 6.07) is 19.9. The number of rotatable bonds is 0. The second-order valence-corrected chi connectivity index (χ2v) is 5.54. The van der Waals surface area contributed by atoms with Crippen LogP contribution in [0.4, 0.5) is 0 Å². The van der Waals surface area contributed by atoms with Gasteiger partial charge in [-0.15, -0.1) is 0 Å². The third-order valence-corrected chi connectivity index (χ3v) is 4.22. The molecule has 0 atom stereocenters. The van der Waals surface area contributed by atoms with Gasteiger partial charge >= 0.3 is 0 Å². The van der Waals surface area contributed by atoms with Crippen molar-refractivity contribution in [3.8, 4) is 0 Å². The second-order valence-electron chi connectivity index (χ2n) is 5.54. The number of hydrogen-bond acceptors (Lipinski definition) is 2. The summed E-state index contributed by atoms with van der Waals surface area (Å²) in [5.74, 6) is 0. The molecule has 0 fully saturated rings. The van der Waals surface area contributed by atoms with Crippen LogP contribution in [0.1, 0.15) is 0 Å². The molecular weight excluding hydrogens is 272 g/mol. The summed E-state index contributed by atoms with van der Waals surface area (Å²) in [5, 5.41) is 12.8. The van der Waals surface area contributed by atoms with Crippen LogP contribution < -0.4 is 5.36 Å². The lowest BCUT2D eigenvalue weighted by atomic mass is 10.0. The van der Waals surface area contributed by atoms with E-state index in [9.17, 15) is 0 Å². The first-order valence-electron chi connectivity index (χ1n) is 7.22. The van der Waals surface area contributed by atoms with Gasteiger partial charge in [-0.1, -0.05) is 30.3 Å². The van der Waals surface area contributed by atoms with Crippen LogP contribution in [-0.2, 0) is 0 Å². The highest BCUT2D eigenvalue weighted by atomic mass is 16.3. The van der Waals surface area contributed by atoms with Crippen LogP contribution in [0.3, 0.4) is 0 Å². The number of para-hydroxylation sites is 1. The number of benzene rings is 3. The van der Waals surface area contributed by atoms with Crippen molar-refractivity contribution in [2.24, 2.45) is 0 Å². The fraction of sp³-hybridized carbons (Fsp3) is 0. The Hall–Kier alpha value is -3.07. The fourth-order valence-corrected chi connectivity index (χ4v) is 3.26. The summed E-state index contributed by atoms with van der Waals surface area (Å²) in [6.45, 7) is 0. The molecule has 0 spiro atoms. The van der Waals surface area contributed by atoms with Crippen LogP contribution in [0.5, 0.6) is 0 Å². The van der Waals surface area contributed by atoms with E-state index in [0.29, 0.717) is 5.36 Å². The van der Waals surface area contributed by atoms with E-state index in [2.05, 4.69) is 17.1 Å². The molecule has 5 rings (SSSR count). The number of aromatic amines is 1. The van der Waals surface area contributed by atoms with Gasteiger partial charge in [-0.2, -0.15) is 0 Å². The van der Waals surface area contributed by atoms with E-state index in [0.717, 1.165) is 43.7 Å². The van der Waals surface area contributed by atoms with Gasteiger partial charge < -0.3 is 14.8 Å². The number of pyridine rings is 1.